The van der Waals surface area contributed by atoms with Crippen molar-refractivity contribution >= 4 is 31.8 Å². The first-order chi connectivity index (χ1) is 14.0. The average molecular weight is 453 g/mol. The molecule has 0 bridgehead atoms. The quantitative estimate of drug-likeness (QED) is 0.625. The zero-order valence-corrected chi connectivity index (χ0v) is 18.3. The minimum Gasteiger partial charge on any atom is -0.348 e. The molecule has 0 saturated heterocycles. The maximum absolute atomic E-state index is 12.4. The number of nitrogens with zero attached hydrogens (tertiary/aromatic N) is 2. The van der Waals surface area contributed by atoms with Gasteiger partial charge < -0.3 is 10.2 Å². The monoisotopic (exact) mass is 452 g/mol. The van der Waals surface area contributed by atoms with Crippen LogP contribution < -0.4 is 10.0 Å². The largest absolute Gasteiger partial charge is 0.348 e. The third-order valence-electron chi connectivity index (χ3n) is 4.33. The number of fused-ring (bicyclic) bond motifs is 1. The second-order valence-electron chi connectivity index (χ2n) is 7.38. The normalized spacial score (nSPS) is 17.9. The number of sulfonamides is 2. The highest BCUT2D eigenvalue weighted by Crippen LogP contribution is 2.16. The third kappa shape index (κ3) is 6.00. The summed E-state index contributed by atoms with van der Waals surface area (Å²) in [5.41, 5.74) is 1.88. The highest BCUT2D eigenvalue weighted by Gasteiger charge is 2.24. The molecule has 2 heterocycles. The molecule has 2 aliphatic rings. The van der Waals surface area contributed by atoms with Gasteiger partial charge in [-0.05, 0) is 37.1 Å². The highest BCUT2D eigenvalue weighted by molar-refractivity contribution is 7.90. The van der Waals surface area contributed by atoms with E-state index in [0.717, 1.165) is 5.56 Å². The second kappa shape index (κ2) is 8.70. The summed E-state index contributed by atoms with van der Waals surface area (Å²) >= 11 is 0. The Bertz CT molecular complexity index is 1120. The summed E-state index contributed by atoms with van der Waals surface area (Å²) in [4.78, 5) is 14.1. The fourth-order valence-corrected chi connectivity index (χ4v) is 5.40. The van der Waals surface area contributed by atoms with Gasteiger partial charge in [-0.1, -0.05) is 24.3 Å². The Labute approximate surface area is 176 Å². The number of hydrogen-bond donors (Lipinski definition) is 2. The Balaban J connectivity index is 1.57. The van der Waals surface area contributed by atoms with Gasteiger partial charge in [-0.25, -0.2) is 21.6 Å². The maximum atomic E-state index is 12.4. The number of carbonyl (C=O) groups excluding carboxylic acids is 1. The number of amides is 1. The minimum atomic E-state index is -3.43. The van der Waals surface area contributed by atoms with Crippen molar-refractivity contribution < 1.29 is 21.6 Å². The molecule has 162 valence electrons. The first-order valence-corrected chi connectivity index (χ1v) is 12.6. The molecular weight excluding hydrogens is 428 g/mol. The van der Waals surface area contributed by atoms with E-state index in [1.807, 2.05) is 0 Å². The van der Waals surface area contributed by atoms with E-state index in [1.165, 1.54) is 12.2 Å². The lowest BCUT2D eigenvalue weighted by molar-refractivity contribution is -0.117. The Morgan fingerprint density at radius 1 is 1.17 bits per heavy atom. The zero-order chi connectivity index (χ0) is 21.9. The molecule has 9 nitrogen and oxygen atoms in total. The van der Waals surface area contributed by atoms with Gasteiger partial charge in [0, 0.05) is 25.3 Å². The van der Waals surface area contributed by atoms with Crippen LogP contribution >= 0.6 is 0 Å². The molecule has 0 atom stereocenters. The fourth-order valence-electron chi connectivity index (χ4n) is 2.99. The van der Waals surface area contributed by atoms with Crippen molar-refractivity contribution in [2.75, 3.05) is 12.3 Å². The lowest BCUT2D eigenvalue weighted by Crippen LogP contribution is -2.38. The molecule has 0 unspecified atom stereocenters. The van der Waals surface area contributed by atoms with Gasteiger partial charge in [-0.2, -0.15) is 0 Å². The van der Waals surface area contributed by atoms with Gasteiger partial charge in [0.05, 0.1) is 17.1 Å². The molecule has 0 aliphatic carbocycles. The van der Waals surface area contributed by atoms with Gasteiger partial charge in [-0.3, -0.25) is 4.79 Å². The summed E-state index contributed by atoms with van der Waals surface area (Å²) in [5, 5.41) is 2.80. The fraction of sp³-hybridized carbons (Fsp3) is 0.368. The summed E-state index contributed by atoms with van der Waals surface area (Å²) in [6.07, 6.45) is 4.62. The number of benzene rings is 1. The Morgan fingerprint density at radius 2 is 1.83 bits per heavy atom. The van der Waals surface area contributed by atoms with E-state index in [2.05, 4.69) is 14.4 Å². The van der Waals surface area contributed by atoms with Crippen molar-refractivity contribution in [3.05, 3.63) is 59.3 Å². The topological polar surface area (TPSA) is 125 Å². The number of rotatable bonds is 7. The van der Waals surface area contributed by atoms with E-state index in [4.69, 9.17) is 0 Å². The van der Waals surface area contributed by atoms with Crippen LogP contribution in [0.15, 0.2) is 52.6 Å². The number of nitrogens with one attached hydrogen (secondary N) is 2. The third-order valence-corrected chi connectivity index (χ3v) is 7.04. The second-order valence-corrected chi connectivity index (χ2v) is 10.9. The molecule has 0 fully saturated rings. The summed E-state index contributed by atoms with van der Waals surface area (Å²) in [5.74, 6) is -0.197. The molecule has 0 aromatic heterocycles. The Morgan fingerprint density at radius 3 is 2.50 bits per heavy atom. The lowest BCUT2D eigenvalue weighted by atomic mass is 10.1. The van der Waals surface area contributed by atoms with E-state index in [9.17, 15) is 21.6 Å². The van der Waals surface area contributed by atoms with E-state index in [1.54, 1.807) is 49.2 Å². The van der Waals surface area contributed by atoms with Crippen molar-refractivity contribution in [3.8, 4) is 0 Å². The first kappa shape index (κ1) is 22.2. The summed E-state index contributed by atoms with van der Waals surface area (Å²) in [6.45, 7) is 4.05. The van der Waals surface area contributed by atoms with Crippen molar-refractivity contribution in [1.82, 2.24) is 14.9 Å². The van der Waals surface area contributed by atoms with Gasteiger partial charge in [0.25, 0.3) is 15.9 Å². The van der Waals surface area contributed by atoms with Gasteiger partial charge in [0.15, 0.2) is 0 Å². The van der Waals surface area contributed by atoms with Crippen molar-refractivity contribution in [2.45, 2.75) is 32.2 Å². The SMILES string of the molecule is CC(C)NS(=O)(=O)Cc1ccc(CNC(=O)C2=CN3CCS(=O)(=O)N=C3C=C2)cc1. The number of amidine groups is 1. The molecule has 3 rings (SSSR count). The van der Waals surface area contributed by atoms with Crippen LogP contribution in [0.25, 0.3) is 0 Å². The molecule has 0 saturated carbocycles. The summed E-state index contributed by atoms with van der Waals surface area (Å²) in [7, 11) is -6.83. The van der Waals surface area contributed by atoms with Gasteiger partial charge >= 0.3 is 0 Å². The van der Waals surface area contributed by atoms with E-state index in [-0.39, 0.29) is 36.5 Å². The van der Waals surface area contributed by atoms with Crippen LogP contribution in [-0.4, -0.2) is 51.8 Å². The molecule has 30 heavy (non-hydrogen) atoms. The van der Waals surface area contributed by atoms with Crippen LogP contribution in [0.3, 0.4) is 0 Å². The molecular formula is C19H24N4O5S2. The predicted molar refractivity (Wildman–Crippen MR) is 114 cm³/mol. The van der Waals surface area contributed by atoms with Crippen LogP contribution in [0.5, 0.6) is 0 Å². The zero-order valence-electron chi connectivity index (χ0n) is 16.7. The molecule has 2 aliphatic heterocycles. The molecule has 11 heteroatoms. The number of carbonyl (C=O) groups is 1. The summed E-state index contributed by atoms with van der Waals surface area (Å²) in [6, 6.07) is 6.82. The van der Waals surface area contributed by atoms with Crippen LogP contribution in [0.1, 0.15) is 25.0 Å². The molecule has 1 aromatic carbocycles. The van der Waals surface area contributed by atoms with Crippen LogP contribution in [-0.2, 0) is 37.1 Å². The smallest absolute Gasteiger partial charge is 0.256 e. The highest BCUT2D eigenvalue weighted by atomic mass is 32.2. The maximum Gasteiger partial charge on any atom is 0.256 e. The van der Waals surface area contributed by atoms with Crippen LogP contribution in [0, 0.1) is 0 Å². The Kier molecular flexibility index (Phi) is 6.44. The van der Waals surface area contributed by atoms with Gasteiger partial charge in [-0.15, -0.1) is 4.40 Å². The standard InChI is InChI=1S/C19H24N4O5S2/c1-14(2)21-30(27,28)13-16-5-3-15(4-6-16)11-20-19(24)17-7-8-18-22-29(25,26)10-9-23(18)12-17/h3-8,12,14,21H,9-11,13H2,1-2H3,(H,20,24). The molecule has 0 radical (unpaired) electrons. The summed E-state index contributed by atoms with van der Waals surface area (Å²) < 4.78 is 53.3. The molecule has 0 spiro atoms. The van der Waals surface area contributed by atoms with Crippen LogP contribution in [0.4, 0.5) is 0 Å². The predicted octanol–water partition coefficient (Wildman–Crippen LogP) is 0.628. The van der Waals surface area contributed by atoms with E-state index < -0.39 is 20.0 Å². The van der Waals surface area contributed by atoms with Gasteiger partial charge in [0.2, 0.25) is 10.0 Å². The van der Waals surface area contributed by atoms with E-state index >= 15 is 0 Å². The average Bonchev–Trinajstić information content (AvgIpc) is 2.64. The van der Waals surface area contributed by atoms with Gasteiger partial charge in [0.1, 0.15) is 5.84 Å². The lowest BCUT2D eigenvalue weighted by Gasteiger charge is -2.26. The van der Waals surface area contributed by atoms with Crippen molar-refractivity contribution in [2.24, 2.45) is 4.40 Å². The van der Waals surface area contributed by atoms with E-state index in [0.29, 0.717) is 17.0 Å². The van der Waals surface area contributed by atoms with Crippen molar-refractivity contribution in [1.29, 1.82) is 0 Å². The molecule has 1 aromatic rings. The Hall–Kier alpha value is -2.50. The molecule has 2 N–H and O–H groups in total. The van der Waals surface area contributed by atoms with Crippen molar-refractivity contribution in [3.63, 3.8) is 0 Å². The first-order valence-electron chi connectivity index (χ1n) is 9.38. The van der Waals surface area contributed by atoms with Crippen LogP contribution in [0.2, 0.25) is 0 Å². The molecule has 1 amide bonds. The minimum absolute atomic E-state index is 0.0928. The number of hydrogen-bond acceptors (Lipinski definition) is 6.